The maximum atomic E-state index is 11.2. The van der Waals surface area contributed by atoms with E-state index in [1.807, 2.05) is 0 Å². The van der Waals surface area contributed by atoms with Crippen molar-refractivity contribution in [1.29, 1.82) is 0 Å². The Morgan fingerprint density at radius 1 is 1.47 bits per heavy atom. The fourth-order valence-corrected chi connectivity index (χ4v) is 1.29. The second-order valence-corrected chi connectivity index (χ2v) is 3.31. The Morgan fingerprint density at radius 2 is 2.07 bits per heavy atom. The van der Waals surface area contributed by atoms with Gasteiger partial charge in [0, 0.05) is 7.11 Å². The zero-order valence-electron chi connectivity index (χ0n) is 9.16. The normalized spacial score (nSPS) is 12.0. The molecule has 0 heterocycles. The third-order valence-electron chi connectivity index (χ3n) is 1.77. The van der Waals surface area contributed by atoms with E-state index in [4.69, 9.17) is 21.1 Å². The van der Waals surface area contributed by atoms with E-state index in [2.05, 4.69) is 0 Å². The molecule has 5 nitrogen and oxygen atoms in total. The van der Waals surface area contributed by atoms with Gasteiger partial charge >= 0.3 is 11.3 Å². The summed E-state index contributed by atoms with van der Waals surface area (Å²) in [7, 11) is 1.51. The van der Waals surface area contributed by atoms with Crippen LogP contribution in [0.1, 0.15) is 13.8 Å². The highest BCUT2D eigenvalue weighted by Crippen LogP contribution is 2.04. The van der Waals surface area contributed by atoms with Gasteiger partial charge in [-0.15, -0.1) is 0 Å². The molecular formula is C9H16ClNO4. The topological polar surface area (TPSA) is 55.8 Å². The quantitative estimate of drug-likeness (QED) is 0.396. The van der Waals surface area contributed by atoms with Crippen LogP contribution in [0.3, 0.4) is 0 Å². The van der Waals surface area contributed by atoms with E-state index in [9.17, 15) is 9.59 Å². The van der Waals surface area contributed by atoms with Crippen molar-refractivity contribution in [2.24, 2.45) is 0 Å². The minimum Gasteiger partial charge on any atom is -0.465 e. The van der Waals surface area contributed by atoms with E-state index in [0.717, 1.165) is 0 Å². The summed E-state index contributed by atoms with van der Waals surface area (Å²) in [5, 5.41) is -0.687. The van der Waals surface area contributed by atoms with Gasteiger partial charge in [-0.2, -0.15) is 0 Å². The first kappa shape index (κ1) is 14.2. The molecule has 0 aromatic carbocycles. The molecule has 0 aliphatic rings. The number of amides is 1. The highest BCUT2D eigenvalue weighted by Gasteiger charge is 2.21. The van der Waals surface area contributed by atoms with Gasteiger partial charge in [0.1, 0.15) is 6.54 Å². The van der Waals surface area contributed by atoms with Crippen molar-refractivity contribution in [3.63, 3.8) is 0 Å². The third kappa shape index (κ3) is 5.59. The molecule has 0 saturated carbocycles. The lowest BCUT2D eigenvalue weighted by molar-refractivity contribution is -0.144. The first-order valence-electron chi connectivity index (χ1n) is 4.63. The first-order valence-corrected chi connectivity index (χ1v) is 5.01. The van der Waals surface area contributed by atoms with Crippen LogP contribution < -0.4 is 0 Å². The van der Waals surface area contributed by atoms with Crippen molar-refractivity contribution in [2.45, 2.75) is 19.9 Å². The Morgan fingerprint density at radius 3 is 2.47 bits per heavy atom. The van der Waals surface area contributed by atoms with Crippen molar-refractivity contribution in [3.05, 3.63) is 0 Å². The van der Waals surface area contributed by atoms with E-state index in [1.165, 1.54) is 12.0 Å². The molecule has 0 bridgehead atoms. The Hall–Kier alpha value is -0.810. The summed E-state index contributed by atoms with van der Waals surface area (Å²) < 4.78 is 9.59. The minimum absolute atomic E-state index is 0.152. The first-order chi connectivity index (χ1) is 7.02. The largest absolute Gasteiger partial charge is 0.465 e. The fraction of sp³-hybridized carbons (Fsp3) is 0.778. The Labute approximate surface area is 94.3 Å². The van der Waals surface area contributed by atoms with Crippen molar-refractivity contribution >= 4 is 22.9 Å². The van der Waals surface area contributed by atoms with Crippen LogP contribution in [0.5, 0.6) is 0 Å². The van der Waals surface area contributed by atoms with Crippen molar-refractivity contribution in [1.82, 2.24) is 4.90 Å². The molecule has 0 fully saturated rings. The highest BCUT2D eigenvalue weighted by molar-refractivity contribution is 6.62. The van der Waals surface area contributed by atoms with Crippen LogP contribution in [0.15, 0.2) is 0 Å². The van der Waals surface area contributed by atoms with Crippen LogP contribution in [0.2, 0.25) is 0 Å². The van der Waals surface area contributed by atoms with Gasteiger partial charge in [0.2, 0.25) is 0 Å². The number of hydrogen-bond donors (Lipinski definition) is 0. The molecular weight excluding hydrogens is 222 g/mol. The number of nitrogens with zero attached hydrogens (tertiary/aromatic N) is 1. The molecule has 6 heteroatoms. The molecule has 1 amide bonds. The number of esters is 1. The lowest BCUT2D eigenvalue weighted by atomic mass is 10.3. The zero-order valence-corrected chi connectivity index (χ0v) is 9.91. The molecule has 0 N–H and O–H groups in total. The summed E-state index contributed by atoms with van der Waals surface area (Å²) in [5.74, 6) is -0.477. The number of ether oxygens (including phenoxy) is 2. The van der Waals surface area contributed by atoms with Crippen molar-refractivity contribution in [2.75, 3.05) is 26.9 Å². The average molecular weight is 238 g/mol. The van der Waals surface area contributed by atoms with Crippen molar-refractivity contribution < 1.29 is 19.1 Å². The third-order valence-corrected chi connectivity index (χ3v) is 1.99. The van der Waals surface area contributed by atoms with Crippen molar-refractivity contribution in [3.8, 4) is 0 Å². The molecule has 0 aliphatic heterocycles. The molecule has 0 aliphatic carbocycles. The zero-order chi connectivity index (χ0) is 11.8. The molecule has 0 radical (unpaired) electrons. The van der Waals surface area contributed by atoms with E-state index in [1.54, 1.807) is 13.8 Å². The van der Waals surface area contributed by atoms with Gasteiger partial charge in [-0.25, -0.2) is 0 Å². The number of methoxy groups -OCH3 is 1. The summed E-state index contributed by atoms with van der Waals surface area (Å²) in [6.45, 7) is 3.88. The monoisotopic (exact) mass is 237 g/mol. The van der Waals surface area contributed by atoms with Gasteiger partial charge in [-0.05, 0) is 25.4 Å². The SMILES string of the molecule is CCOC(=O)CN(C(=O)Cl)C(C)COC. The fourth-order valence-electron chi connectivity index (χ4n) is 1.07. The number of rotatable bonds is 6. The van der Waals surface area contributed by atoms with E-state index in [-0.39, 0.29) is 19.2 Å². The lowest BCUT2D eigenvalue weighted by Gasteiger charge is -2.25. The Bertz CT molecular complexity index is 222. The molecule has 0 saturated heterocycles. The van der Waals surface area contributed by atoms with Gasteiger partial charge in [0.25, 0.3) is 0 Å². The summed E-state index contributed by atoms with van der Waals surface area (Å²) in [6.07, 6.45) is 0. The average Bonchev–Trinajstić information content (AvgIpc) is 2.14. The van der Waals surface area contributed by atoms with E-state index in [0.29, 0.717) is 6.61 Å². The number of carbonyl (C=O) groups is 2. The van der Waals surface area contributed by atoms with Crippen LogP contribution in [-0.4, -0.2) is 49.1 Å². The van der Waals surface area contributed by atoms with Crippen LogP contribution in [0.4, 0.5) is 4.79 Å². The summed E-state index contributed by atoms with van der Waals surface area (Å²) >= 11 is 5.34. The Balaban J connectivity index is 4.27. The molecule has 0 spiro atoms. The van der Waals surface area contributed by atoms with Gasteiger partial charge in [0.05, 0.1) is 19.3 Å². The maximum Gasteiger partial charge on any atom is 0.325 e. The lowest BCUT2D eigenvalue weighted by Crippen LogP contribution is -2.42. The summed E-state index contributed by atoms with van der Waals surface area (Å²) in [4.78, 5) is 23.4. The molecule has 1 unspecified atom stereocenters. The van der Waals surface area contributed by atoms with E-state index < -0.39 is 11.3 Å². The van der Waals surface area contributed by atoms with Crippen LogP contribution in [0.25, 0.3) is 0 Å². The van der Waals surface area contributed by atoms with Gasteiger partial charge in [-0.1, -0.05) is 0 Å². The summed E-state index contributed by atoms with van der Waals surface area (Å²) in [6, 6.07) is -0.260. The Kier molecular flexibility index (Phi) is 7.07. The second kappa shape index (κ2) is 7.48. The second-order valence-electron chi connectivity index (χ2n) is 2.99. The van der Waals surface area contributed by atoms with E-state index >= 15 is 0 Å². The van der Waals surface area contributed by atoms with Crippen LogP contribution in [-0.2, 0) is 14.3 Å². The van der Waals surface area contributed by atoms with Gasteiger partial charge in [0.15, 0.2) is 0 Å². The summed E-state index contributed by atoms with van der Waals surface area (Å²) in [5.41, 5.74) is 0. The van der Waals surface area contributed by atoms with Gasteiger partial charge < -0.3 is 14.4 Å². The smallest absolute Gasteiger partial charge is 0.325 e. The highest BCUT2D eigenvalue weighted by atomic mass is 35.5. The number of halogens is 1. The molecule has 1 atom stereocenters. The molecule has 0 rings (SSSR count). The minimum atomic E-state index is -0.687. The maximum absolute atomic E-state index is 11.2. The molecule has 15 heavy (non-hydrogen) atoms. The molecule has 88 valence electrons. The predicted octanol–water partition coefficient (Wildman–Crippen LogP) is 1.25. The van der Waals surface area contributed by atoms with Crippen LogP contribution in [0, 0.1) is 0 Å². The number of hydrogen-bond acceptors (Lipinski definition) is 4. The number of carbonyl (C=O) groups excluding carboxylic acids is 2. The molecule has 0 aromatic rings. The van der Waals surface area contributed by atoms with Crippen LogP contribution >= 0.6 is 11.6 Å². The molecule has 0 aromatic heterocycles. The predicted molar refractivity (Wildman–Crippen MR) is 55.9 cm³/mol. The van der Waals surface area contributed by atoms with Gasteiger partial charge in [-0.3, -0.25) is 9.59 Å². The standard InChI is InChI=1S/C9H16ClNO4/c1-4-15-8(12)5-11(9(10)13)7(2)6-14-3/h7H,4-6H2,1-3H3.